The molecule has 0 bridgehead atoms. The molecular weight excluding hydrogens is 418 g/mol. The smallest absolute Gasteiger partial charge is 0.408 e. The molecule has 0 radical (unpaired) electrons. The summed E-state index contributed by atoms with van der Waals surface area (Å²) in [5.41, 5.74) is 0.155. The Morgan fingerprint density at radius 2 is 1.67 bits per heavy atom. The average Bonchev–Trinajstić information content (AvgIpc) is 2.69. The van der Waals surface area contributed by atoms with E-state index in [1.54, 1.807) is 41.5 Å². The van der Waals surface area contributed by atoms with Gasteiger partial charge in [-0.2, -0.15) is 0 Å². The van der Waals surface area contributed by atoms with E-state index in [0.29, 0.717) is 11.5 Å². The Balaban J connectivity index is 2.16. The minimum Gasteiger partial charge on any atom is -0.444 e. The lowest BCUT2D eigenvalue weighted by Crippen LogP contribution is -2.37. The number of alkyl carbamates (subject to hydrolysis) is 2. The molecule has 33 heavy (non-hydrogen) atoms. The summed E-state index contributed by atoms with van der Waals surface area (Å²) in [6, 6.07) is 6.83. The predicted molar refractivity (Wildman–Crippen MR) is 132 cm³/mol. The molecule has 1 aromatic rings. The van der Waals surface area contributed by atoms with Gasteiger partial charge in [-0.05, 0) is 84.4 Å². The summed E-state index contributed by atoms with van der Waals surface area (Å²) in [7, 11) is 0. The molecule has 0 aromatic heterocycles. The molecule has 1 aliphatic rings. The molecule has 186 valence electrons. The Hall–Kier alpha value is -2.44. The molecule has 0 spiro atoms. The maximum atomic E-state index is 12.6. The molecule has 1 saturated carbocycles. The van der Waals surface area contributed by atoms with Crippen molar-refractivity contribution >= 4 is 17.9 Å². The van der Waals surface area contributed by atoms with Gasteiger partial charge in [0.2, 0.25) is 0 Å². The van der Waals surface area contributed by atoms with Crippen LogP contribution in [0.15, 0.2) is 24.3 Å². The number of ether oxygens (including phenoxy) is 2. The van der Waals surface area contributed by atoms with E-state index in [-0.39, 0.29) is 6.42 Å². The highest BCUT2D eigenvalue weighted by atomic mass is 16.6. The van der Waals surface area contributed by atoms with E-state index in [2.05, 4.69) is 16.0 Å². The van der Waals surface area contributed by atoms with Crippen LogP contribution in [0.1, 0.15) is 94.4 Å². The molecule has 1 atom stereocenters. The summed E-state index contributed by atoms with van der Waals surface area (Å²) >= 11 is 0. The molecule has 0 heterocycles. The highest BCUT2D eigenvalue weighted by molar-refractivity contribution is 5.69. The summed E-state index contributed by atoms with van der Waals surface area (Å²) in [5, 5.41) is 8.56. The Labute approximate surface area is 202 Å². The first-order valence-corrected chi connectivity index (χ1v) is 12.0. The minimum atomic E-state index is -2.15. The number of rotatable bonds is 8. The summed E-state index contributed by atoms with van der Waals surface area (Å²) in [6.07, 6.45) is 4.58. The number of benzene rings is 1. The molecule has 1 aliphatic carbocycles. The minimum absolute atomic E-state index is 0.211. The van der Waals surface area contributed by atoms with Crippen molar-refractivity contribution in [2.24, 2.45) is 5.92 Å². The summed E-state index contributed by atoms with van der Waals surface area (Å²) in [6.45, 7) is 9.16. The highest BCUT2D eigenvalue weighted by Crippen LogP contribution is 2.25. The number of amides is 2. The van der Waals surface area contributed by atoms with Crippen LogP contribution < -0.4 is 16.0 Å². The first-order chi connectivity index (χ1) is 16.1. The van der Waals surface area contributed by atoms with Crippen molar-refractivity contribution in [3.63, 3.8) is 0 Å². The quantitative estimate of drug-likeness (QED) is 0.430. The fourth-order valence-corrected chi connectivity index (χ4v) is 3.75. The molecule has 2 rings (SSSR count). The van der Waals surface area contributed by atoms with Gasteiger partial charge in [0.1, 0.15) is 11.2 Å². The summed E-state index contributed by atoms with van der Waals surface area (Å²) in [4.78, 5) is 24.8. The normalized spacial score (nSPS) is 17.3. The van der Waals surface area contributed by atoms with Crippen LogP contribution in [0.2, 0.25) is 0 Å². The van der Waals surface area contributed by atoms with Gasteiger partial charge >= 0.3 is 12.2 Å². The standard InChI is InChI=1S/C26H43N3O4/c1-25(2,3)32-23(30)27-16-15-22(29-24(31)33-26(4,5)6)20-13-10-14-21(17-20)28-18-19-11-8-7-9-12-19/h10,13-14,17,19,22,28H,7-9,11-12,15-16,18H2,1-6H3,(H,27,30)(H,29,31)/i16D2. The third-order valence-corrected chi connectivity index (χ3v) is 5.20. The molecule has 1 unspecified atom stereocenters. The second-order valence-electron chi connectivity index (χ2n) is 10.7. The topological polar surface area (TPSA) is 88.7 Å². The monoisotopic (exact) mass is 463 g/mol. The summed E-state index contributed by atoms with van der Waals surface area (Å²) in [5.74, 6) is 0.648. The van der Waals surface area contributed by atoms with Crippen LogP contribution >= 0.6 is 0 Å². The van der Waals surface area contributed by atoms with Crippen molar-refractivity contribution in [2.75, 3.05) is 18.4 Å². The zero-order chi connectivity index (χ0) is 26.3. The second-order valence-corrected chi connectivity index (χ2v) is 10.7. The van der Waals surface area contributed by atoms with Crippen molar-refractivity contribution < 1.29 is 21.8 Å². The van der Waals surface area contributed by atoms with Crippen molar-refractivity contribution in [1.82, 2.24) is 10.6 Å². The number of carbonyl (C=O) groups is 2. The van der Waals surface area contributed by atoms with Gasteiger partial charge in [0.05, 0.1) is 6.04 Å². The van der Waals surface area contributed by atoms with Crippen LogP contribution in [0.5, 0.6) is 0 Å². The molecule has 2 amide bonds. The number of carbonyl (C=O) groups excluding carboxylic acids is 2. The second kappa shape index (κ2) is 12.1. The molecule has 7 nitrogen and oxygen atoms in total. The lowest BCUT2D eigenvalue weighted by Gasteiger charge is -2.25. The average molecular weight is 464 g/mol. The molecule has 0 saturated heterocycles. The van der Waals surface area contributed by atoms with Crippen LogP contribution in [0.25, 0.3) is 0 Å². The third-order valence-electron chi connectivity index (χ3n) is 5.20. The fourth-order valence-electron chi connectivity index (χ4n) is 3.75. The van der Waals surface area contributed by atoms with Crippen LogP contribution in [-0.4, -0.2) is 36.4 Å². The van der Waals surface area contributed by atoms with Crippen molar-refractivity contribution in [3.05, 3.63) is 29.8 Å². The Morgan fingerprint density at radius 3 is 2.30 bits per heavy atom. The maximum Gasteiger partial charge on any atom is 0.408 e. The Bertz CT molecular complexity index is 844. The first kappa shape index (κ1) is 23.7. The van der Waals surface area contributed by atoms with E-state index in [9.17, 15) is 9.59 Å². The van der Waals surface area contributed by atoms with E-state index < -0.39 is 35.9 Å². The van der Waals surface area contributed by atoms with Gasteiger partial charge in [-0.1, -0.05) is 31.4 Å². The van der Waals surface area contributed by atoms with Gasteiger partial charge in [-0.15, -0.1) is 0 Å². The van der Waals surface area contributed by atoms with E-state index >= 15 is 0 Å². The van der Waals surface area contributed by atoms with Crippen molar-refractivity contribution in [2.45, 2.75) is 97.3 Å². The number of anilines is 1. The molecule has 1 aromatic carbocycles. The van der Waals surface area contributed by atoms with Gasteiger partial charge in [-0.25, -0.2) is 9.59 Å². The van der Waals surface area contributed by atoms with Gasteiger partial charge in [0, 0.05) is 21.5 Å². The number of hydrogen-bond acceptors (Lipinski definition) is 5. The SMILES string of the molecule is [2H]C([2H])(CC(NC(=O)OC(C)(C)C)c1cccc(NCC2CCCCC2)c1)NC(=O)OC(C)(C)C. The fraction of sp³-hybridized carbons (Fsp3) is 0.692. The van der Waals surface area contributed by atoms with E-state index in [1.807, 2.05) is 24.3 Å². The first-order valence-electron chi connectivity index (χ1n) is 13.0. The Morgan fingerprint density at radius 1 is 1.03 bits per heavy atom. The number of nitrogens with one attached hydrogen (secondary N) is 3. The molecular formula is C26H43N3O4. The zero-order valence-electron chi connectivity index (χ0n) is 23.0. The maximum absolute atomic E-state index is 12.6. The van der Waals surface area contributed by atoms with Crippen molar-refractivity contribution in [1.29, 1.82) is 0 Å². The van der Waals surface area contributed by atoms with Gasteiger partial charge < -0.3 is 25.4 Å². The lowest BCUT2D eigenvalue weighted by atomic mass is 9.89. The van der Waals surface area contributed by atoms with Gasteiger partial charge in [0.15, 0.2) is 0 Å². The molecule has 1 fully saturated rings. The van der Waals surface area contributed by atoms with Crippen molar-refractivity contribution in [3.8, 4) is 0 Å². The highest BCUT2D eigenvalue weighted by Gasteiger charge is 2.22. The zero-order valence-corrected chi connectivity index (χ0v) is 21.0. The molecule has 7 heteroatoms. The predicted octanol–water partition coefficient (Wildman–Crippen LogP) is 6.16. The lowest BCUT2D eigenvalue weighted by molar-refractivity contribution is 0.0499. The van der Waals surface area contributed by atoms with Crippen LogP contribution in [0, 0.1) is 5.92 Å². The van der Waals surface area contributed by atoms with E-state index in [4.69, 9.17) is 12.2 Å². The third kappa shape index (κ3) is 11.3. The number of hydrogen-bond donors (Lipinski definition) is 3. The van der Waals surface area contributed by atoms with Gasteiger partial charge in [0.25, 0.3) is 0 Å². The van der Waals surface area contributed by atoms with Crippen LogP contribution in [0.4, 0.5) is 15.3 Å². The summed E-state index contributed by atoms with van der Waals surface area (Å²) < 4.78 is 27.4. The van der Waals surface area contributed by atoms with E-state index in [0.717, 1.165) is 12.2 Å². The Kier molecular flexibility index (Phi) is 8.72. The van der Waals surface area contributed by atoms with Crippen LogP contribution in [-0.2, 0) is 9.47 Å². The van der Waals surface area contributed by atoms with E-state index in [1.165, 1.54) is 32.1 Å². The van der Waals surface area contributed by atoms with Crippen LogP contribution in [0.3, 0.4) is 0 Å². The molecule has 3 N–H and O–H groups in total. The molecule has 0 aliphatic heterocycles. The largest absolute Gasteiger partial charge is 0.444 e. The van der Waals surface area contributed by atoms with Gasteiger partial charge in [-0.3, -0.25) is 0 Å².